The normalized spacial score (nSPS) is 49.4. The van der Waals surface area contributed by atoms with Gasteiger partial charge in [0.1, 0.15) is 12.2 Å². The molecule has 3 N–H and O–H groups in total. The first-order valence-corrected chi connectivity index (χ1v) is 15.0. The van der Waals surface area contributed by atoms with Crippen molar-refractivity contribution in [1.82, 2.24) is 4.90 Å². The van der Waals surface area contributed by atoms with E-state index in [1.807, 2.05) is 13.8 Å². The van der Waals surface area contributed by atoms with Crippen LogP contribution in [0.2, 0.25) is 0 Å². The van der Waals surface area contributed by atoms with Crippen molar-refractivity contribution in [3.8, 4) is 0 Å². The van der Waals surface area contributed by atoms with Crippen LogP contribution >= 0.6 is 0 Å². The van der Waals surface area contributed by atoms with Gasteiger partial charge in [0.15, 0.2) is 5.60 Å². The van der Waals surface area contributed by atoms with E-state index in [0.717, 1.165) is 12.8 Å². The first-order valence-electron chi connectivity index (χ1n) is 15.0. The summed E-state index contributed by atoms with van der Waals surface area (Å²) in [7, 11) is 6.58. The maximum absolute atomic E-state index is 12.8. The highest BCUT2D eigenvalue weighted by Crippen LogP contribution is 2.68. The molecule has 8 unspecified atom stereocenters. The van der Waals surface area contributed by atoms with E-state index in [4.69, 9.17) is 23.7 Å². The molecule has 3 saturated carbocycles. The summed E-state index contributed by atoms with van der Waals surface area (Å²) in [6.07, 6.45) is -0.740. The second kappa shape index (κ2) is 11.7. The van der Waals surface area contributed by atoms with Crippen LogP contribution in [0.25, 0.3) is 0 Å². The van der Waals surface area contributed by atoms with Crippen LogP contribution in [-0.4, -0.2) is 123 Å². The molecule has 0 spiro atoms. The van der Waals surface area contributed by atoms with Gasteiger partial charge in [-0.05, 0) is 38.1 Å². The van der Waals surface area contributed by atoms with Crippen LogP contribution in [0, 0.1) is 28.6 Å². The molecule has 0 aromatic carbocycles. The summed E-state index contributed by atoms with van der Waals surface area (Å²) in [5.74, 6) is -1.24. The van der Waals surface area contributed by atoms with Gasteiger partial charge in [0.2, 0.25) is 0 Å². The molecular weight excluding hydrogens is 518 g/mol. The molecule has 10 nitrogen and oxygen atoms in total. The number of rotatable bonds is 8. The standard InChI is InChI=1S/C30H53NO9/c1-9-28(35)14-20-18(3)29-12-11-21(37-6)24(29)27(17-36-5,22(33)13-23(29)38-7)15-31(10-2)16-30(20,40-19(4)32)25(34)26(28)39-8/h18,20-26,33-35H,9-17H2,1-8H3/t18?,20?,21?,22-,23?,24?,25+,26?,27?,28-,29?,30+/m1/s1. The van der Waals surface area contributed by atoms with E-state index in [1.54, 1.807) is 21.3 Å². The Hall–Kier alpha value is -0.850. The van der Waals surface area contributed by atoms with Gasteiger partial charge in [-0.25, -0.2) is 0 Å². The fourth-order valence-electron chi connectivity index (χ4n) is 10.1. The predicted molar refractivity (Wildman–Crippen MR) is 148 cm³/mol. The number of carbonyl (C=O) groups is 1. The van der Waals surface area contributed by atoms with Crippen LogP contribution < -0.4 is 0 Å². The summed E-state index contributed by atoms with van der Waals surface area (Å²) in [6.45, 7) is 9.08. The maximum atomic E-state index is 12.8. The van der Waals surface area contributed by atoms with Gasteiger partial charge in [0.25, 0.3) is 0 Å². The predicted octanol–water partition coefficient (Wildman–Crippen LogP) is 1.62. The van der Waals surface area contributed by atoms with E-state index >= 15 is 0 Å². The molecular formula is C30H53NO9. The zero-order valence-corrected chi connectivity index (χ0v) is 25.7. The Morgan fingerprint density at radius 3 is 2.27 bits per heavy atom. The summed E-state index contributed by atoms with van der Waals surface area (Å²) in [4.78, 5) is 15.0. The molecule has 4 fully saturated rings. The molecule has 0 radical (unpaired) electrons. The molecule has 1 saturated heterocycles. The third-order valence-corrected chi connectivity index (χ3v) is 11.7. The fourth-order valence-corrected chi connectivity index (χ4v) is 10.1. The number of hydrogen-bond acceptors (Lipinski definition) is 10. The zero-order valence-electron chi connectivity index (χ0n) is 25.7. The Balaban J connectivity index is 2.06. The number of aliphatic hydroxyl groups excluding tert-OH is 2. The summed E-state index contributed by atoms with van der Waals surface area (Å²) in [5.41, 5.74) is -3.87. The largest absolute Gasteiger partial charge is 0.455 e. The smallest absolute Gasteiger partial charge is 0.303 e. The summed E-state index contributed by atoms with van der Waals surface area (Å²) in [6, 6.07) is 0. The number of fused-ring (bicyclic) bond motifs is 1. The molecule has 3 aliphatic carbocycles. The molecule has 4 aliphatic rings. The molecule has 232 valence electrons. The van der Waals surface area contributed by atoms with E-state index in [2.05, 4.69) is 11.8 Å². The van der Waals surface area contributed by atoms with E-state index in [0.29, 0.717) is 32.5 Å². The summed E-state index contributed by atoms with van der Waals surface area (Å²) in [5, 5.41) is 36.1. The highest BCUT2D eigenvalue weighted by molar-refractivity contribution is 5.67. The third kappa shape index (κ3) is 4.48. The Morgan fingerprint density at radius 1 is 1.05 bits per heavy atom. The summed E-state index contributed by atoms with van der Waals surface area (Å²) >= 11 is 0. The molecule has 12 atom stereocenters. The lowest BCUT2D eigenvalue weighted by Crippen LogP contribution is -2.73. The van der Waals surface area contributed by atoms with E-state index < -0.39 is 52.2 Å². The van der Waals surface area contributed by atoms with Crippen LogP contribution in [0.1, 0.15) is 59.8 Å². The third-order valence-electron chi connectivity index (χ3n) is 11.7. The summed E-state index contributed by atoms with van der Waals surface area (Å²) < 4.78 is 30.4. The molecule has 1 heterocycles. The van der Waals surface area contributed by atoms with Gasteiger partial charge >= 0.3 is 5.97 Å². The maximum Gasteiger partial charge on any atom is 0.303 e. The van der Waals surface area contributed by atoms with Gasteiger partial charge < -0.3 is 39.0 Å². The lowest BCUT2D eigenvalue weighted by Gasteiger charge is -2.63. The minimum Gasteiger partial charge on any atom is -0.455 e. The average molecular weight is 572 g/mol. The van der Waals surface area contributed by atoms with Crippen molar-refractivity contribution in [1.29, 1.82) is 0 Å². The average Bonchev–Trinajstić information content (AvgIpc) is 3.33. The Kier molecular flexibility index (Phi) is 9.36. The minimum atomic E-state index is -1.36. The number of methoxy groups -OCH3 is 4. The van der Waals surface area contributed by atoms with Crippen molar-refractivity contribution in [2.45, 2.75) is 102 Å². The quantitative estimate of drug-likeness (QED) is 0.370. The van der Waals surface area contributed by atoms with Crippen molar-refractivity contribution in [2.75, 3.05) is 54.7 Å². The number of carbonyl (C=O) groups excluding carboxylic acids is 1. The van der Waals surface area contributed by atoms with Gasteiger partial charge in [0, 0.05) is 77.5 Å². The van der Waals surface area contributed by atoms with Gasteiger partial charge in [-0.2, -0.15) is 0 Å². The van der Waals surface area contributed by atoms with Crippen LogP contribution in [0.15, 0.2) is 0 Å². The molecule has 0 aromatic heterocycles. The Bertz CT molecular complexity index is 906. The number of ether oxygens (including phenoxy) is 5. The monoisotopic (exact) mass is 571 g/mol. The fraction of sp³-hybridized carbons (Fsp3) is 0.967. The molecule has 0 amide bonds. The topological polar surface area (TPSA) is 127 Å². The van der Waals surface area contributed by atoms with E-state index in [9.17, 15) is 20.1 Å². The van der Waals surface area contributed by atoms with Crippen molar-refractivity contribution in [3.05, 3.63) is 0 Å². The van der Waals surface area contributed by atoms with Crippen LogP contribution in [-0.2, 0) is 28.5 Å². The van der Waals surface area contributed by atoms with Gasteiger partial charge in [-0.15, -0.1) is 0 Å². The molecule has 1 aliphatic heterocycles. The lowest BCUT2D eigenvalue weighted by atomic mass is 9.46. The van der Waals surface area contributed by atoms with Crippen molar-refractivity contribution < 1.29 is 43.8 Å². The highest BCUT2D eigenvalue weighted by Gasteiger charge is 2.74. The van der Waals surface area contributed by atoms with Crippen LogP contribution in [0.4, 0.5) is 0 Å². The number of esters is 1. The lowest BCUT2D eigenvalue weighted by molar-refractivity contribution is -0.283. The van der Waals surface area contributed by atoms with Gasteiger partial charge in [0.05, 0.1) is 30.5 Å². The number of hydrogen-bond donors (Lipinski definition) is 3. The van der Waals surface area contributed by atoms with Crippen LogP contribution in [0.3, 0.4) is 0 Å². The minimum absolute atomic E-state index is 0.136. The molecule has 40 heavy (non-hydrogen) atoms. The first-order chi connectivity index (χ1) is 18.9. The Labute approximate surface area is 239 Å². The Morgan fingerprint density at radius 2 is 1.75 bits per heavy atom. The van der Waals surface area contributed by atoms with E-state index in [-0.39, 0.29) is 37.0 Å². The number of nitrogens with zero attached hydrogens (tertiary/aromatic N) is 1. The van der Waals surface area contributed by atoms with Gasteiger partial charge in [-0.1, -0.05) is 20.8 Å². The number of likely N-dealkylation sites (N-methyl/N-ethyl adjacent to an activating group) is 1. The molecule has 0 aromatic rings. The molecule has 4 rings (SSSR count). The highest BCUT2D eigenvalue weighted by atomic mass is 16.6. The van der Waals surface area contributed by atoms with Crippen molar-refractivity contribution >= 4 is 5.97 Å². The SMILES string of the molecule is CCN1CC2(COC)C3C(OC)CCC3(C(OC)C[C@H]2O)C(C)C2C[C@](O)(CC)C(OC)[C@H](O)[C@]2(OC(C)=O)C1. The second-order valence-corrected chi connectivity index (χ2v) is 13.1. The van der Waals surface area contributed by atoms with Crippen LogP contribution in [0.5, 0.6) is 0 Å². The second-order valence-electron chi connectivity index (χ2n) is 13.1. The van der Waals surface area contributed by atoms with Crippen molar-refractivity contribution in [3.63, 3.8) is 0 Å². The van der Waals surface area contributed by atoms with Gasteiger partial charge in [-0.3, -0.25) is 9.69 Å². The number of aliphatic hydroxyl groups is 3. The first kappa shape index (κ1) is 32.1. The molecule has 10 heteroatoms. The van der Waals surface area contributed by atoms with Crippen molar-refractivity contribution in [2.24, 2.45) is 28.6 Å². The van der Waals surface area contributed by atoms with E-state index in [1.165, 1.54) is 14.0 Å². The zero-order chi connectivity index (χ0) is 29.7. The molecule has 2 bridgehead atoms.